The van der Waals surface area contributed by atoms with Crippen LogP contribution in [0.15, 0.2) is 59.8 Å². The topological polar surface area (TPSA) is 0 Å². The minimum atomic E-state index is 0.479. The summed E-state index contributed by atoms with van der Waals surface area (Å²) in [6.07, 6.45) is 23.3. The Hall–Kier alpha value is -1.30. The van der Waals surface area contributed by atoms with Crippen LogP contribution in [0.4, 0.5) is 0 Å². The van der Waals surface area contributed by atoms with E-state index in [0.29, 0.717) is 17.3 Å². The molecule has 6 atom stereocenters. The van der Waals surface area contributed by atoms with Crippen molar-refractivity contribution in [2.75, 3.05) is 0 Å². The molecule has 0 aromatic carbocycles. The molecule has 1 unspecified atom stereocenters. The molecule has 0 aromatic heterocycles. The van der Waals surface area contributed by atoms with Crippen molar-refractivity contribution < 1.29 is 0 Å². The molecule has 0 bridgehead atoms. The van der Waals surface area contributed by atoms with Crippen molar-refractivity contribution >= 4 is 0 Å². The maximum Gasteiger partial charge on any atom is -0.0143 e. The summed E-state index contributed by atoms with van der Waals surface area (Å²) in [5.74, 6) is 3.71. The number of hydrogen-bond acceptors (Lipinski definition) is 0. The third-order valence-corrected chi connectivity index (χ3v) is 8.22. The van der Waals surface area contributed by atoms with E-state index < -0.39 is 0 Å². The lowest BCUT2D eigenvalue weighted by Gasteiger charge is -2.44. The average Bonchev–Trinajstić information content (AvgIpc) is 3.01. The minimum Gasteiger partial charge on any atom is -0.0953 e. The molecule has 28 heavy (non-hydrogen) atoms. The number of hydrogen-bond donors (Lipinski definition) is 0. The number of fused-ring (bicyclic) bond motifs is 1. The highest BCUT2D eigenvalue weighted by Crippen LogP contribution is 2.59. The summed E-state index contributed by atoms with van der Waals surface area (Å²) in [6, 6.07) is 0. The lowest BCUT2D eigenvalue weighted by atomic mass is 9.61. The van der Waals surface area contributed by atoms with E-state index in [1.165, 1.54) is 56.1 Å². The zero-order chi connectivity index (χ0) is 20.3. The van der Waals surface area contributed by atoms with Gasteiger partial charge in [-0.25, -0.2) is 0 Å². The highest BCUT2D eigenvalue weighted by atomic mass is 14.5. The molecule has 0 aliphatic heterocycles. The van der Waals surface area contributed by atoms with Gasteiger partial charge in [0.05, 0.1) is 0 Å². The zero-order valence-electron chi connectivity index (χ0n) is 19.0. The van der Waals surface area contributed by atoms with Crippen LogP contribution >= 0.6 is 0 Å². The number of allylic oxidation sites excluding steroid dienone is 9. The third-order valence-electron chi connectivity index (χ3n) is 8.22. The molecule has 0 nitrogen and oxygen atoms in total. The van der Waals surface area contributed by atoms with Crippen LogP contribution in [0.3, 0.4) is 0 Å². The van der Waals surface area contributed by atoms with Gasteiger partial charge in [-0.05, 0) is 98.0 Å². The fourth-order valence-corrected chi connectivity index (χ4v) is 6.66. The van der Waals surface area contributed by atoms with Crippen LogP contribution in [0.2, 0.25) is 0 Å². The van der Waals surface area contributed by atoms with E-state index in [2.05, 4.69) is 77.7 Å². The smallest absolute Gasteiger partial charge is 0.0143 e. The average molecular weight is 379 g/mol. The Morgan fingerprint density at radius 2 is 1.93 bits per heavy atom. The van der Waals surface area contributed by atoms with E-state index >= 15 is 0 Å². The Morgan fingerprint density at radius 3 is 2.68 bits per heavy atom. The summed E-state index contributed by atoms with van der Waals surface area (Å²) in [5, 5.41) is 0. The van der Waals surface area contributed by atoms with E-state index in [1.807, 2.05) is 0 Å². The maximum atomic E-state index is 4.42. The molecule has 0 heterocycles. The fourth-order valence-electron chi connectivity index (χ4n) is 6.66. The largest absolute Gasteiger partial charge is 0.0953 e. The van der Waals surface area contributed by atoms with Gasteiger partial charge >= 0.3 is 0 Å². The molecule has 0 amide bonds. The Bertz CT molecular complexity index is 685. The minimum absolute atomic E-state index is 0.479. The second-order valence-electron chi connectivity index (χ2n) is 10.3. The van der Waals surface area contributed by atoms with Crippen LogP contribution in [0.25, 0.3) is 0 Å². The second-order valence-corrected chi connectivity index (χ2v) is 10.3. The lowest BCUT2D eigenvalue weighted by Crippen LogP contribution is -2.35. The van der Waals surface area contributed by atoms with Crippen molar-refractivity contribution in [3.8, 4) is 0 Å². The molecule has 0 radical (unpaired) electrons. The summed E-state index contributed by atoms with van der Waals surface area (Å²) in [6.45, 7) is 16.3. The van der Waals surface area contributed by atoms with Crippen LogP contribution in [0.1, 0.15) is 79.6 Å². The van der Waals surface area contributed by atoms with E-state index in [4.69, 9.17) is 0 Å². The van der Waals surface area contributed by atoms with Crippen LogP contribution in [-0.2, 0) is 0 Å². The Balaban J connectivity index is 1.79. The second kappa shape index (κ2) is 9.02. The third kappa shape index (κ3) is 4.32. The predicted octanol–water partition coefficient (Wildman–Crippen LogP) is 8.45. The van der Waals surface area contributed by atoms with Crippen molar-refractivity contribution in [3.05, 3.63) is 59.8 Å². The van der Waals surface area contributed by atoms with Crippen LogP contribution in [0.5, 0.6) is 0 Å². The Kier molecular flexibility index (Phi) is 6.89. The van der Waals surface area contributed by atoms with Crippen LogP contribution in [0, 0.1) is 35.0 Å². The van der Waals surface area contributed by atoms with Gasteiger partial charge in [0.2, 0.25) is 0 Å². The Labute approximate surface area is 174 Å². The molecule has 3 aliphatic carbocycles. The van der Waals surface area contributed by atoms with Gasteiger partial charge in [0, 0.05) is 0 Å². The first kappa shape index (κ1) is 21.4. The maximum absolute atomic E-state index is 4.42. The van der Waals surface area contributed by atoms with Crippen LogP contribution < -0.4 is 0 Å². The van der Waals surface area contributed by atoms with Crippen molar-refractivity contribution in [1.29, 1.82) is 0 Å². The van der Waals surface area contributed by atoms with E-state index in [0.717, 1.165) is 17.8 Å². The predicted molar refractivity (Wildman–Crippen MR) is 124 cm³/mol. The molecular formula is C28H42. The van der Waals surface area contributed by atoms with Gasteiger partial charge in [-0.15, -0.1) is 0 Å². The molecule has 0 saturated heterocycles. The monoisotopic (exact) mass is 378 g/mol. The molecule has 3 rings (SSSR count). The molecule has 0 heteroatoms. The first-order valence-electron chi connectivity index (χ1n) is 11.7. The van der Waals surface area contributed by atoms with Gasteiger partial charge in [0.1, 0.15) is 0 Å². The molecule has 3 fully saturated rings. The summed E-state index contributed by atoms with van der Waals surface area (Å²) in [5.41, 5.74) is 5.11. The first-order chi connectivity index (χ1) is 13.4. The molecule has 3 saturated carbocycles. The quantitative estimate of drug-likeness (QED) is 0.430. The number of rotatable bonds is 4. The lowest BCUT2D eigenvalue weighted by molar-refractivity contribution is 0.112. The van der Waals surface area contributed by atoms with Crippen molar-refractivity contribution in [2.24, 2.45) is 35.0 Å². The fraction of sp³-hybridized carbons (Fsp3) is 0.643. The standard InChI is InChI=1S/C28H42/c1-7-8-9-11-21(3)26-15-16-27-24(12-10-17-28(26,27)6)13-14-25-19-20(2)18-22(4)23(25)5/h7-9,11,13-14,20-22,26-27H,5,10,12,15-19H2,1-4,6H3/b8-7+,11-9+,24-13+,25-14-/t20-,21+,22-,26?,27-,28+/m0/s1. The van der Waals surface area contributed by atoms with Gasteiger partial charge in [0.15, 0.2) is 0 Å². The normalized spacial score (nSPS) is 40.7. The van der Waals surface area contributed by atoms with E-state index in [-0.39, 0.29) is 0 Å². The SMILES string of the molecule is C=C1/C(=C\C=C2/CCC[C@]3(C)C([C@H](C)/C=C/C=C/C)CC[C@@H]23)C[C@@H](C)C[C@@H]1C. The molecule has 3 aliphatic rings. The highest BCUT2D eigenvalue weighted by Gasteiger charge is 2.50. The van der Waals surface area contributed by atoms with Gasteiger partial charge in [-0.1, -0.05) is 76.3 Å². The first-order valence-corrected chi connectivity index (χ1v) is 11.7. The molecule has 0 spiro atoms. The van der Waals surface area contributed by atoms with E-state index in [1.54, 1.807) is 5.57 Å². The zero-order valence-corrected chi connectivity index (χ0v) is 19.0. The highest BCUT2D eigenvalue weighted by molar-refractivity contribution is 5.37. The summed E-state index contributed by atoms with van der Waals surface area (Å²) in [7, 11) is 0. The van der Waals surface area contributed by atoms with Crippen molar-refractivity contribution in [3.63, 3.8) is 0 Å². The summed E-state index contributed by atoms with van der Waals surface area (Å²) in [4.78, 5) is 0. The van der Waals surface area contributed by atoms with Crippen LogP contribution in [-0.4, -0.2) is 0 Å². The summed E-state index contributed by atoms with van der Waals surface area (Å²) >= 11 is 0. The molecular weight excluding hydrogens is 336 g/mol. The molecule has 0 N–H and O–H groups in total. The Morgan fingerprint density at radius 1 is 1.14 bits per heavy atom. The molecule has 154 valence electrons. The van der Waals surface area contributed by atoms with Gasteiger partial charge in [-0.2, -0.15) is 0 Å². The van der Waals surface area contributed by atoms with Crippen molar-refractivity contribution in [1.82, 2.24) is 0 Å². The van der Waals surface area contributed by atoms with Gasteiger partial charge < -0.3 is 0 Å². The van der Waals surface area contributed by atoms with Gasteiger partial charge in [0.25, 0.3) is 0 Å². The van der Waals surface area contributed by atoms with Crippen molar-refractivity contribution in [2.45, 2.75) is 79.6 Å². The van der Waals surface area contributed by atoms with E-state index in [9.17, 15) is 0 Å². The van der Waals surface area contributed by atoms with Gasteiger partial charge in [-0.3, -0.25) is 0 Å². The molecule has 0 aromatic rings. The summed E-state index contributed by atoms with van der Waals surface area (Å²) < 4.78 is 0.